The summed E-state index contributed by atoms with van der Waals surface area (Å²) >= 11 is 0. The van der Waals surface area contributed by atoms with Crippen molar-refractivity contribution in [2.24, 2.45) is 5.41 Å². The number of nitro groups is 2. The highest BCUT2D eigenvalue weighted by Gasteiger charge is 2.62. The second kappa shape index (κ2) is 6.75. The molecule has 0 bridgehead atoms. The van der Waals surface area contributed by atoms with Crippen molar-refractivity contribution in [2.75, 3.05) is 0 Å². The number of hydrogen-bond donors (Lipinski definition) is 1. The third kappa shape index (κ3) is 3.01. The van der Waals surface area contributed by atoms with Gasteiger partial charge in [-0.15, -0.1) is 0 Å². The fourth-order valence-electron chi connectivity index (χ4n) is 3.87. The van der Waals surface area contributed by atoms with Gasteiger partial charge in [0.1, 0.15) is 17.5 Å². The van der Waals surface area contributed by atoms with E-state index in [1.54, 1.807) is 62.9 Å². The number of aromatic nitrogens is 2. The monoisotopic (exact) mass is 357 g/mol. The van der Waals surface area contributed by atoms with Crippen molar-refractivity contribution in [1.29, 1.82) is 0 Å². The molecular weight excluding hydrogens is 338 g/mol. The normalized spacial score (nSPS) is 27.6. The molecule has 3 heterocycles. The summed E-state index contributed by atoms with van der Waals surface area (Å²) < 4.78 is 0. The Kier molecular flexibility index (Phi) is 4.64. The van der Waals surface area contributed by atoms with E-state index in [0.29, 0.717) is 11.1 Å². The average Bonchev–Trinajstić information content (AvgIpc) is 2.60. The molecule has 3 rings (SSSR count). The molecule has 0 spiro atoms. The van der Waals surface area contributed by atoms with Crippen LogP contribution in [-0.2, 0) is 0 Å². The van der Waals surface area contributed by atoms with E-state index in [4.69, 9.17) is 0 Å². The molecule has 1 aliphatic heterocycles. The zero-order valence-electron chi connectivity index (χ0n) is 14.4. The van der Waals surface area contributed by atoms with Crippen LogP contribution in [-0.4, -0.2) is 31.9 Å². The van der Waals surface area contributed by atoms with Crippen LogP contribution in [0.25, 0.3) is 0 Å². The van der Waals surface area contributed by atoms with Crippen LogP contribution in [0.4, 0.5) is 0 Å². The minimum absolute atomic E-state index is 0.430. The van der Waals surface area contributed by atoms with Crippen molar-refractivity contribution in [1.82, 2.24) is 15.3 Å². The lowest BCUT2D eigenvalue weighted by Crippen LogP contribution is -2.63. The molecule has 0 amide bonds. The van der Waals surface area contributed by atoms with E-state index in [0.717, 1.165) is 0 Å². The number of hydrogen-bond acceptors (Lipinski definition) is 7. The molecule has 9 nitrogen and oxygen atoms in total. The molecule has 2 aromatic heterocycles. The Hall–Kier alpha value is -2.94. The molecular formula is C17H19N5O4. The summed E-state index contributed by atoms with van der Waals surface area (Å²) in [5.41, 5.74) is 0.0372. The molecule has 136 valence electrons. The van der Waals surface area contributed by atoms with Crippen LogP contribution < -0.4 is 5.32 Å². The van der Waals surface area contributed by atoms with Gasteiger partial charge in [-0.25, -0.2) is 0 Å². The van der Waals surface area contributed by atoms with Gasteiger partial charge in [0.15, 0.2) is 0 Å². The lowest BCUT2D eigenvalue weighted by Gasteiger charge is -2.44. The van der Waals surface area contributed by atoms with Crippen LogP contribution >= 0.6 is 0 Å². The molecule has 1 fully saturated rings. The quantitative estimate of drug-likeness (QED) is 0.657. The summed E-state index contributed by atoms with van der Waals surface area (Å²) in [5, 5.41) is 26.9. The lowest BCUT2D eigenvalue weighted by molar-refractivity contribution is -0.605. The molecule has 0 unspecified atom stereocenters. The van der Waals surface area contributed by atoms with Crippen LogP contribution in [0.3, 0.4) is 0 Å². The first-order valence-corrected chi connectivity index (χ1v) is 8.17. The van der Waals surface area contributed by atoms with Crippen molar-refractivity contribution < 1.29 is 9.85 Å². The number of nitrogens with one attached hydrogen (secondary N) is 1. The first-order chi connectivity index (χ1) is 12.3. The fraction of sp³-hybridized carbons (Fsp3) is 0.412. The van der Waals surface area contributed by atoms with E-state index in [9.17, 15) is 20.2 Å². The van der Waals surface area contributed by atoms with Crippen LogP contribution in [0.2, 0.25) is 0 Å². The highest BCUT2D eigenvalue weighted by atomic mass is 16.6. The van der Waals surface area contributed by atoms with Gasteiger partial charge in [0.25, 0.3) is 0 Å². The van der Waals surface area contributed by atoms with Gasteiger partial charge in [-0.2, -0.15) is 0 Å². The van der Waals surface area contributed by atoms with Crippen molar-refractivity contribution in [3.8, 4) is 0 Å². The molecule has 0 radical (unpaired) electrons. The van der Waals surface area contributed by atoms with Gasteiger partial charge in [-0.05, 0) is 37.1 Å². The van der Waals surface area contributed by atoms with Gasteiger partial charge in [-0.1, -0.05) is 12.1 Å². The van der Waals surface area contributed by atoms with Crippen LogP contribution in [0.1, 0.15) is 37.1 Å². The summed E-state index contributed by atoms with van der Waals surface area (Å²) in [6.07, 6.45) is 6.27. The second-order valence-corrected chi connectivity index (χ2v) is 6.98. The maximum atomic E-state index is 11.9. The molecule has 1 N–H and O–H groups in total. The van der Waals surface area contributed by atoms with E-state index < -0.39 is 39.4 Å². The van der Waals surface area contributed by atoms with Gasteiger partial charge in [0, 0.05) is 34.6 Å². The smallest absolute Gasteiger partial charge is 0.244 e. The van der Waals surface area contributed by atoms with Gasteiger partial charge >= 0.3 is 0 Å². The summed E-state index contributed by atoms with van der Waals surface area (Å²) in [6.45, 7) is 3.17. The Balaban J connectivity index is 2.14. The largest absolute Gasteiger partial charge is 0.291 e. The predicted octanol–water partition coefficient (Wildman–Crippen LogP) is 2.18. The van der Waals surface area contributed by atoms with E-state index in [1.807, 2.05) is 0 Å². The molecule has 26 heavy (non-hydrogen) atoms. The van der Waals surface area contributed by atoms with Crippen LogP contribution in [0, 0.1) is 25.6 Å². The Bertz CT molecular complexity index is 734. The van der Waals surface area contributed by atoms with Crippen LogP contribution in [0.5, 0.6) is 0 Å². The number of nitrogens with zero attached hydrogens (tertiary/aromatic N) is 4. The van der Waals surface area contributed by atoms with Crippen molar-refractivity contribution >= 4 is 0 Å². The zero-order valence-corrected chi connectivity index (χ0v) is 14.4. The maximum Gasteiger partial charge on any atom is 0.244 e. The molecule has 1 aliphatic rings. The molecule has 1 saturated heterocycles. The Morgan fingerprint density at radius 2 is 1.35 bits per heavy atom. The molecule has 0 aliphatic carbocycles. The molecule has 4 atom stereocenters. The predicted molar refractivity (Wildman–Crippen MR) is 92.4 cm³/mol. The molecule has 0 aromatic carbocycles. The maximum absolute atomic E-state index is 11.9. The average molecular weight is 357 g/mol. The van der Waals surface area contributed by atoms with Gasteiger partial charge in [0.2, 0.25) is 12.1 Å². The Morgan fingerprint density at radius 3 is 1.65 bits per heavy atom. The van der Waals surface area contributed by atoms with Gasteiger partial charge in [-0.3, -0.25) is 35.5 Å². The van der Waals surface area contributed by atoms with Gasteiger partial charge in [0.05, 0.1) is 0 Å². The Labute approximate surface area is 149 Å². The minimum Gasteiger partial charge on any atom is -0.291 e. The van der Waals surface area contributed by atoms with E-state index >= 15 is 0 Å². The summed E-state index contributed by atoms with van der Waals surface area (Å²) in [4.78, 5) is 31.0. The van der Waals surface area contributed by atoms with Crippen molar-refractivity contribution in [3.63, 3.8) is 0 Å². The Morgan fingerprint density at radius 1 is 0.923 bits per heavy atom. The van der Waals surface area contributed by atoms with Crippen LogP contribution in [0.15, 0.2) is 49.1 Å². The standard InChI is InChI=1S/C17H19N5O4/c1-17(2)15(21(23)24)13(11-5-3-7-18-9-11)20-14(16(17)22(25)26)12-6-4-8-19-10-12/h3-10,13-16,20H,1-2H3/t13-,14+,15+,16-. The summed E-state index contributed by atoms with van der Waals surface area (Å²) in [5.74, 6) is 0. The number of pyridine rings is 2. The van der Waals surface area contributed by atoms with E-state index in [-0.39, 0.29) is 0 Å². The first-order valence-electron chi connectivity index (χ1n) is 8.17. The minimum atomic E-state index is -1.21. The first kappa shape index (κ1) is 17.9. The third-order valence-corrected chi connectivity index (χ3v) is 5.06. The highest BCUT2D eigenvalue weighted by Crippen LogP contribution is 2.46. The number of rotatable bonds is 4. The molecule has 2 aromatic rings. The van der Waals surface area contributed by atoms with E-state index in [2.05, 4.69) is 15.3 Å². The zero-order chi connectivity index (χ0) is 18.9. The molecule has 0 saturated carbocycles. The summed E-state index contributed by atoms with van der Waals surface area (Å²) in [7, 11) is 0. The highest BCUT2D eigenvalue weighted by molar-refractivity contribution is 5.25. The number of piperidine rings is 1. The van der Waals surface area contributed by atoms with E-state index in [1.165, 1.54) is 0 Å². The topological polar surface area (TPSA) is 124 Å². The van der Waals surface area contributed by atoms with Crippen molar-refractivity contribution in [2.45, 2.75) is 38.0 Å². The third-order valence-electron chi connectivity index (χ3n) is 5.06. The SMILES string of the molecule is CC1(C)[C@@H]([N+](=O)[O-])[C@@H](c2cccnc2)N[C@@H](c2cccnc2)[C@H]1[N+](=O)[O-]. The molecule has 9 heteroatoms. The second-order valence-electron chi connectivity index (χ2n) is 6.98. The van der Waals surface area contributed by atoms with Gasteiger partial charge < -0.3 is 0 Å². The summed E-state index contributed by atoms with van der Waals surface area (Å²) in [6, 6.07) is 3.07. The fourth-order valence-corrected chi connectivity index (χ4v) is 3.87. The lowest BCUT2D eigenvalue weighted by atomic mass is 9.66. The van der Waals surface area contributed by atoms with Crippen molar-refractivity contribution in [3.05, 3.63) is 80.4 Å².